The Kier molecular flexibility index (Phi) is 6.46. The average Bonchev–Trinajstić information content (AvgIpc) is 3.25. The van der Waals surface area contributed by atoms with Crippen LogP contribution >= 0.6 is 0 Å². The highest BCUT2D eigenvalue weighted by Crippen LogP contribution is 2.20. The highest BCUT2D eigenvalue weighted by Gasteiger charge is 2.17. The largest absolute Gasteiger partial charge is 0.497 e. The van der Waals surface area contributed by atoms with Crippen LogP contribution in [0.15, 0.2) is 57.9 Å². The van der Waals surface area contributed by atoms with Crippen LogP contribution in [0, 0.1) is 12.3 Å². The molecule has 10 heteroatoms. The summed E-state index contributed by atoms with van der Waals surface area (Å²) in [4.78, 5) is 16.4. The van der Waals surface area contributed by atoms with Crippen LogP contribution < -0.4 is 9.46 Å². The fraction of sp³-hybridized carbons (Fsp3) is 0.150. The molecule has 0 unspecified atom stereocenters. The lowest BCUT2D eigenvalue weighted by molar-refractivity contribution is 0.0429. The van der Waals surface area contributed by atoms with Gasteiger partial charge in [0.1, 0.15) is 5.75 Å². The van der Waals surface area contributed by atoms with Gasteiger partial charge in [0.15, 0.2) is 6.61 Å². The van der Waals surface area contributed by atoms with Crippen LogP contribution in [-0.4, -0.2) is 38.2 Å². The molecule has 0 aliphatic carbocycles. The Balaban J connectivity index is 1.65. The summed E-state index contributed by atoms with van der Waals surface area (Å²) in [6.45, 7) is -0.432. The molecular formula is C20H17N3O6S. The van der Waals surface area contributed by atoms with Gasteiger partial charge in [-0.1, -0.05) is 17.1 Å². The van der Waals surface area contributed by atoms with Crippen LogP contribution in [-0.2, 0) is 21.4 Å². The molecule has 1 aromatic heterocycles. The zero-order valence-electron chi connectivity index (χ0n) is 15.9. The first-order chi connectivity index (χ1) is 14.4. The third kappa shape index (κ3) is 5.02. The molecule has 0 atom stereocenters. The Labute approximate surface area is 173 Å². The molecule has 3 aromatic rings. The summed E-state index contributed by atoms with van der Waals surface area (Å²) in [7, 11) is -2.26. The number of esters is 1. The molecule has 0 fully saturated rings. The fourth-order valence-corrected chi connectivity index (χ4v) is 3.37. The number of methoxy groups -OCH3 is 1. The molecule has 9 nitrogen and oxygen atoms in total. The number of hydrogen-bond donors (Lipinski definition) is 1. The molecule has 154 valence electrons. The van der Waals surface area contributed by atoms with Gasteiger partial charge in [-0.05, 0) is 42.5 Å². The molecule has 0 aliphatic heterocycles. The van der Waals surface area contributed by atoms with E-state index in [4.69, 9.17) is 20.4 Å². The number of nitrogens with one attached hydrogen (secondary N) is 1. The van der Waals surface area contributed by atoms with Crippen LogP contribution in [0.2, 0.25) is 0 Å². The first-order valence-electron chi connectivity index (χ1n) is 8.60. The monoisotopic (exact) mass is 427 g/mol. The maximum Gasteiger partial charge on any atom is 0.338 e. The van der Waals surface area contributed by atoms with Crippen molar-refractivity contribution in [3.63, 3.8) is 0 Å². The lowest BCUT2D eigenvalue weighted by atomic mass is 10.2. The molecule has 0 amide bonds. The smallest absolute Gasteiger partial charge is 0.338 e. The van der Waals surface area contributed by atoms with Gasteiger partial charge in [0.2, 0.25) is 15.8 Å². The summed E-state index contributed by atoms with van der Waals surface area (Å²) in [6.07, 6.45) is 5.06. The Hall–Kier alpha value is -3.68. The molecule has 0 radical (unpaired) electrons. The van der Waals surface area contributed by atoms with Crippen molar-refractivity contribution >= 4 is 16.0 Å². The number of nitrogens with zero attached hydrogens (tertiary/aromatic N) is 2. The number of sulfonamides is 1. The topological polar surface area (TPSA) is 121 Å². The SMILES string of the molecule is C#CCNS(=O)(=O)c1cccc(C(=O)OCc2nc(-c3ccc(OC)cc3)no2)c1. The minimum atomic E-state index is -3.83. The molecule has 1 N–H and O–H groups in total. The molecule has 0 aliphatic rings. The third-order valence-electron chi connectivity index (χ3n) is 3.89. The van der Waals surface area contributed by atoms with Gasteiger partial charge in [0.05, 0.1) is 24.1 Å². The minimum Gasteiger partial charge on any atom is -0.497 e. The van der Waals surface area contributed by atoms with Crippen molar-refractivity contribution in [1.82, 2.24) is 14.9 Å². The van der Waals surface area contributed by atoms with E-state index in [1.165, 1.54) is 24.3 Å². The predicted molar refractivity (Wildman–Crippen MR) is 106 cm³/mol. The molecular weight excluding hydrogens is 410 g/mol. The maximum absolute atomic E-state index is 12.3. The van der Waals surface area contributed by atoms with E-state index >= 15 is 0 Å². The second kappa shape index (κ2) is 9.21. The summed E-state index contributed by atoms with van der Waals surface area (Å²) in [6, 6.07) is 12.4. The van der Waals surface area contributed by atoms with E-state index in [1.54, 1.807) is 31.4 Å². The van der Waals surface area contributed by atoms with Gasteiger partial charge >= 0.3 is 5.97 Å². The van der Waals surface area contributed by atoms with E-state index < -0.39 is 16.0 Å². The van der Waals surface area contributed by atoms with Gasteiger partial charge in [-0.3, -0.25) is 0 Å². The van der Waals surface area contributed by atoms with Crippen LogP contribution in [0.5, 0.6) is 5.75 Å². The summed E-state index contributed by atoms with van der Waals surface area (Å²) in [5, 5.41) is 3.85. The van der Waals surface area contributed by atoms with Gasteiger partial charge in [0, 0.05) is 5.56 Å². The van der Waals surface area contributed by atoms with E-state index in [-0.39, 0.29) is 29.5 Å². The quantitative estimate of drug-likeness (QED) is 0.428. The number of rotatable bonds is 8. The molecule has 0 saturated heterocycles. The number of ether oxygens (including phenoxy) is 2. The maximum atomic E-state index is 12.3. The molecule has 1 heterocycles. The molecule has 3 rings (SSSR count). The van der Waals surface area contributed by atoms with Crippen LogP contribution in [0.3, 0.4) is 0 Å². The van der Waals surface area contributed by atoms with E-state index in [1.807, 2.05) is 0 Å². The molecule has 30 heavy (non-hydrogen) atoms. The molecule has 2 aromatic carbocycles. The van der Waals surface area contributed by atoms with Crippen molar-refractivity contribution in [3.8, 4) is 29.5 Å². The van der Waals surface area contributed by atoms with Crippen molar-refractivity contribution in [3.05, 3.63) is 60.0 Å². The third-order valence-corrected chi connectivity index (χ3v) is 5.29. The summed E-state index contributed by atoms with van der Waals surface area (Å²) in [5.74, 6) is 2.55. The first kappa shape index (κ1) is 21.0. The Bertz CT molecular complexity index is 1180. The number of benzene rings is 2. The highest BCUT2D eigenvalue weighted by atomic mass is 32.2. The van der Waals surface area contributed by atoms with Gasteiger partial charge < -0.3 is 14.0 Å². The van der Waals surface area contributed by atoms with Gasteiger partial charge in [0.25, 0.3) is 5.89 Å². The molecule has 0 spiro atoms. The fourth-order valence-electron chi connectivity index (χ4n) is 2.39. The molecule has 0 bridgehead atoms. The van der Waals surface area contributed by atoms with Crippen LogP contribution in [0.25, 0.3) is 11.4 Å². The summed E-state index contributed by atoms with van der Waals surface area (Å²) in [5.41, 5.74) is 0.753. The normalized spacial score (nSPS) is 10.9. The second-order valence-electron chi connectivity index (χ2n) is 5.87. The van der Waals surface area contributed by atoms with Gasteiger partial charge in [-0.25, -0.2) is 13.2 Å². The Morgan fingerprint density at radius 2 is 2.00 bits per heavy atom. The lowest BCUT2D eigenvalue weighted by Gasteiger charge is -2.06. The standard InChI is InChI=1S/C20H17N3O6S/c1-3-11-21-30(25,26)17-6-4-5-15(12-17)20(24)28-13-18-22-19(23-29-18)14-7-9-16(27-2)10-8-14/h1,4-10,12,21H,11,13H2,2H3. The first-order valence-corrected chi connectivity index (χ1v) is 10.1. The van der Waals surface area contributed by atoms with E-state index in [0.29, 0.717) is 17.1 Å². The zero-order valence-corrected chi connectivity index (χ0v) is 16.7. The van der Waals surface area contributed by atoms with Crippen molar-refractivity contribution in [2.45, 2.75) is 11.5 Å². The van der Waals surface area contributed by atoms with Crippen molar-refractivity contribution < 1.29 is 27.2 Å². The number of aromatic nitrogens is 2. The summed E-state index contributed by atoms with van der Waals surface area (Å²) < 4.78 is 41.8. The highest BCUT2D eigenvalue weighted by molar-refractivity contribution is 7.89. The van der Waals surface area contributed by atoms with E-state index in [9.17, 15) is 13.2 Å². The van der Waals surface area contributed by atoms with Gasteiger partial charge in [-0.15, -0.1) is 6.42 Å². The number of hydrogen-bond acceptors (Lipinski definition) is 8. The number of carbonyl (C=O) groups is 1. The Morgan fingerprint density at radius 3 is 2.70 bits per heavy atom. The van der Waals surface area contributed by atoms with Gasteiger partial charge in [-0.2, -0.15) is 9.71 Å². The number of carbonyl (C=O) groups excluding carboxylic acids is 1. The van der Waals surface area contributed by atoms with Crippen molar-refractivity contribution in [2.24, 2.45) is 0 Å². The van der Waals surface area contributed by atoms with Crippen molar-refractivity contribution in [2.75, 3.05) is 13.7 Å². The average molecular weight is 427 g/mol. The Morgan fingerprint density at radius 1 is 1.23 bits per heavy atom. The lowest BCUT2D eigenvalue weighted by Crippen LogP contribution is -2.24. The van der Waals surface area contributed by atoms with Crippen molar-refractivity contribution in [1.29, 1.82) is 0 Å². The number of terminal acetylenes is 1. The van der Waals surface area contributed by atoms with Crippen LogP contribution in [0.1, 0.15) is 16.2 Å². The van der Waals surface area contributed by atoms with E-state index in [0.717, 1.165) is 0 Å². The predicted octanol–water partition coefficient (Wildman–Crippen LogP) is 2.01. The molecule has 0 saturated carbocycles. The van der Waals surface area contributed by atoms with E-state index in [2.05, 4.69) is 20.8 Å². The van der Waals surface area contributed by atoms with Crippen LogP contribution in [0.4, 0.5) is 0 Å². The summed E-state index contributed by atoms with van der Waals surface area (Å²) >= 11 is 0. The second-order valence-corrected chi connectivity index (χ2v) is 7.64. The zero-order chi connectivity index (χ0) is 21.6. The minimum absolute atomic E-state index is 0.0495.